The molecule has 3 rings (SSSR count). The molecule has 0 aromatic rings. The number of β-lactam (4-membered cyclic amide) rings is 1. The molecule has 0 radical (unpaired) electrons. The van der Waals surface area contributed by atoms with Crippen LogP contribution in [-0.4, -0.2) is 51.4 Å². The number of nitrogens with zero attached hydrogens (tertiary/aromatic N) is 1. The lowest BCUT2D eigenvalue weighted by Gasteiger charge is -2.41. The molecule has 0 spiro atoms. The Morgan fingerprint density at radius 3 is 2.75 bits per heavy atom. The summed E-state index contributed by atoms with van der Waals surface area (Å²) in [5.41, 5.74) is 0.0223. The van der Waals surface area contributed by atoms with Crippen molar-refractivity contribution in [2.24, 2.45) is 11.8 Å². The van der Waals surface area contributed by atoms with E-state index >= 15 is 0 Å². The molecule has 0 unspecified atom stereocenters. The summed E-state index contributed by atoms with van der Waals surface area (Å²) in [6.45, 7) is 0.272. The topological polar surface area (TPSA) is 107 Å². The predicted octanol–water partition coefficient (Wildman–Crippen LogP) is -0.668. The van der Waals surface area contributed by atoms with Gasteiger partial charge in [0, 0.05) is 17.9 Å². The second-order valence-electron chi connectivity index (χ2n) is 5.16. The fourth-order valence-electron chi connectivity index (χ4n) is 2.84. The molecule has 0 aromatic heterocycles. The zero-order chi connectivity index (χ0) is 14.4. The van der Waals surface area contributed by atoms with Crippen LogP contribution < -0.4 is 5.32 Å². The van der Waals surface area contributed by atoms with Gasteiger partial charge in [0.25, 0.3) is 0 Å². The number of carbonyl (C=O) groups is 3. The molecular weight excluding hydrogens is 284 g/mol. The second-order valence-corrected chi connectivity index (χ2v) is 6.37. The molecule has 108 valence electrons. The minimum Gasteiger partial charge on any atom is -0.477 e. The number of nitrogens with one attached hydrogen (secondary N) is 1. The summed E-state index contributed by atoms with van der Waals surface area (Å²) in [4.78, 5) is 36.3. The van der Waals surface area contributed by atoms with Crippen molar-refractivity contribution < 1.29 is 24.6 Å². The van der Waals surface area contributed by atoms with Crippen LogP contribution in [0.15, 0.2) is 10.6 Å². The first-order valence-electron chi connectivity index (χ1n) is 6.36. The molecule has 2 saturated heterocycles. The molecule has 0 aliphatic carbocycles. The summed E-state index contributed by atoms with van der Waals surface area (Å²) in [7, 11) is 0. The first-order valence-corrected chi connectivity index (χ1v) is 7.24. The molecule has 3 aliphatic heterocycles. The highest BCUT2D eigenvalue weighted by Crippen LogP contribution is 2.51. The number of rotatable bonds is 4. The van der Waals surface area contributed by atoms with Crippen LogP contribution in [0.3, 0.4) is 0 Å². The Hall–Kier alpha value is -1.54. The zero-order valence-corrected chi connectivity index (χ0v) is 11.4. The number of carboxylic acids is 1. The van der Waals surface area contributed by atoms with Gasteiger partial charge in [0.15, 0.2) is 0 Å². The molecule has 8 heteroatoms. The molecule has 0 bridgehead atoms. The van der Waals surface area contributed by atoms with Gasteiger partial charge in [-0.1, -0.05) is 0 Å². The summed E-state index contributed by atoms with van der Waals surface area (Å²) in [6.07, 6.45) is 0.864. The number of aliphatic hydroxyl groups excluding tert-OH is 1. The van der Waals surface area contributed by atoms with Crippen molar-refractivity contribution in [1.29, 1.82) is 0 Å². The third kappa shape index (κ3) is 1.90. The largest absolute Gasteiger partial charge is 0.477 e. The zero-order valence-electron chi connectivity index (χ0n) is 10.5. The van der Waals surface area contributed by atoms with E-state index in [2.05, 4.69) is 5.32 Å². The minimum atomic E-state index is -1.13. The van der Waals surface area contributed by atoms with E-state index in [1.807, 2.05) is 0 Å². The molecule has 3 aliphatic rings. The summed E-state index contributed by atoms with van der Waals surface area (Å²) in [6, 6.07) is 0. The Morgan fingerprint density at radius 2 is 2.20 bits per heavy atom. The maximum atomic E-state index is 11.8. The number of hydrogen-bond donors (Lipinski definition) is 3. The number of carbonyl (C=O) groups excluding carboxylic acids is 2. The highest BCUT2D eigenvalue weighted by Gasteiger charge is 2.55. The third-order valence-electron chi connectivity index (χ3n) is 3.86. The van der Waals surface area contributed by atoms with Crippen LogP contribution in [0.4, 0.5) is 0 Å². The van der Waals surface area contributed by atoms with Crippen molar-refractivity contribution >= 4 is 29.5 Å². The molecule has 2 amide bonds. The van der Waals surface area contributed by atoms with E-state index in [9.17, 15) is 19.5 Å². The van der Waals surface area contributed by atoms with Gasteiger partial charge in [0.2, 0.25) is 11.8 Å². The number of fused-ring (bicyclic) bond motifs is 1. The van der Waals surface area contributed by atoms with Crippen LogP contribution in [0.5, 0.6) is 0 Å². The first-order chi connectivity index (χ1) is 9.52. The molecule has 3 heterocycles. The molecule has 20 heavy (non-hydrogen) atoms. The van der Waals surface area contributed by atoms with Crippen molar-refractivity contribution in [2.75, 3.05) is 13.2 Å². The van der Waals surface area contributed by atoms with Crippen molar-refractivity contribution in [1.82, 2.24) is 10.2 Å². The van der Waals surface area contributed by atoms with Gasteiger partial charge in [0.05, 0.1) is 12.5 Å². The molecule has 0 saturated carbocycles. The Kier molecular flexibility index (Phi) is 3.21. The molecule has 0 aromatic carbocycles. The van der Waals surface area contributed by atoms with E-state index in [4.69, 9.17) is 5.11 Å². The number of hydrogen-bond acceptors (Lipinski definition) is 5. The standard InChI is InChI=1S/C12H14N2O5S/c15-4-6-10(17)14-9(12(18)19)7(20-11(6)14)1-5-2-8(16)13-3-5/h5-6,11,15H,1-4H2,(H,13,16)(H,18,19)/t5-,6+,11-/m1/s1. The normalized spacial score (nSPS) is 32.2. The lowest BCUT2D eigenvalue weighted by molar-refractivity contribution is -0.153. The number of aliphatic hydroxyl groups is 1. The highest BCUT2D eigenvalue weighted by atomic mass is 32.2. The van der Waals surface area contributed by atoms with Gasteiger partial charge in [-0.05, 0) is 12.3 Å². The average molecular weight is 298 g/mol. The van der Waals surface area contributed by atoms with E-state index in [1.54, 1.807) is 0 Å². The van der Waals surface area contributed by atoms with Gasteiger partial charge in [-0.3, -0.25) is 14.5 Å². The van der Waals surface area contributed by atoms with E-state index < -0.39 is 11.9 Å². The molecule has 3 N–H and O–H groups in total. The third-order valence-corrected chi connectivity index (χ3v) is 5.28. The van der Waals surface area contributed by atoms with Gasteiger partial charge in [-0.2, -0.15) is 0 Å². The quantitative estimate of drug-likeness (QED) is 0.594. The maximum Gasteiger partial charge on any atom is 0.353 e. The number of thioether (sulfide) groups is 1. The summed E-state index contributed by atoms with van der Waals surface area (Å²) in [5.74, 6) is -1.94. The van der Waals surface area contributed by atoms with Crippen LogP contribution in [0, 0.1) is 11.8 Å². The van der Waals surface area contributed by atoms with E-state index in [-0.39, 0.29) is 35.4 Å². The Balaban J connectivity index is 1.80. The van der Waals surface area contributed by atoms with Crippen molar-refractivity contribution in [2.45, 2.75) is 18.2 Å². The van der Waals surface area contributed by atoms with Gasteiger partial charge < -0.3 is 15.5 Å². The van der Waals surface area contributed by atoms with Crippen molar-refractivity contribution in [3.8, 4) is 0 Å². The smallest absolute Gasteiger partial charge is 0.353 e. The number of amides is 2. The van der Waals surface area contributed by atoms with Crippen molar-refractivity contribution in [3.05, 3.63) is 10.6 Å². The fraction of sp³-hybridized carbons (Fsp3) is 0.583. The van der Waals surface area contributed by atoms with Gasteiger partial charge in [-0.15, -0.1) is 11.8 Å². The molecule has 7 nitrogen and oxygen atoms in total. The van der Waals surface area contributed by atoms with Crippen LogP contribution in [0.25, 0.3) is 0 Å². The Bertz CT molecular complexity index is 532. The van der Waals surface area contributed by atoms with Gasteiger partial charge in [0.1, 0.15) is 11.1 Å². The van der Waals surface area contributed by atoms with E-state index in [1.165, 1.54) is 16.7 Å². The number of allylic oxidation sites excluding steroid dienone is 1. The van der Waals surface area contributed by atoms with E-state index in [0.717, 1.165) is 0 Å². The van der Waals surface area contributed by atoms with Crippen LogP contribution in [0.2, 0.25) is 0 Å². The van der Waals surface area contributed by atoms with Gasteiger partial charge in [-0.25, -0.2) is 4.79 Å². The lowest BCUT2D eigenvalue weighted by Crippen LogP contribution is -2.58. The summed E-state index contributed by atoms with van der Waals surface area (Å²) >= 11 is 1.33. The Labute approximate surface area is 119 Å². The van der Waals surface area contributed by atoms with Crippen LogP contribution >= 0.6 is 11.8 Å². The monoisotopic (exact) mass is 298 g/mol. The van der Waals surface area contributed by atoms with Crippen LogP contribution in [-0.2, 0) is 14.4 Å². The molecular formula is C12H14N2O5S. The molecule has 2 fully saturated rings. The predicted molar refractivity (Wildman–Crippen MR) is 69.2 cm³/mol. The first kappa shape index (κ1) is 13.4. The summed E-state index contributed by atoms with van der Waals surface area (Å²) < 4.78 is 0. The highest BCUT2D eigenvalue weighted by molar-refractivity contribution is 8.04. The van der Waals surface area contributed by atoms with Crippen LogP contribution in [0.1, 0.15) is 12.8 Å². The van der Waals surface area contributed by atoms with Gasteiger partial charge >= 0.3 is 5.97 Å². The Morgan fingerprint density at radius 1 is 1.45 bits per heavy atom. The SMILES string of the molecule is O=C1C[C@@H](CC2=C(C(=O)O)N3C(=O)[C@H](CO)[C@H]3S2)CN1. The molecule has 3 atom stereocenters. The average Bonchev–Trinajstić information content (AvgIpc) is 2.93. The summed E-state index contributed by atoms with van der Waals surface area (Å²) in [5, 5.41) is 20.9. The minimum absolute atomic E-state index is 0.0223. The van der Waals surface area contributed by atoms with Crippen molar-refractivity contribution in [3.63, 3.8) is 0 Å². The fourth-order valence-corrected chi connectivity index (χ4v) is 4.44. The lowest BCUT2D eigenvalue weighted by atomic mass is 9.97. The van der Waals surface area contributed by atoms with E-state index in [0.29, 0.717) is 24.3 Å². The maximum absolute atomic E-state index is 11.8. The number of aliphatic carboxylic acids is 1. The number of carboxylic acid groups (broad SMARTS) is 1. The second kappa shape index (κ2) is 4.78.